The standard InChI is InChI=1S/C18H27N5O4S/c1-21(2)28(25,26)11-16-8-22(10-17(16)24)7-14-4-5-18(27-3)15(6-14)9-23-13-19-12-20-23/h4-6,12-13,16-17,24H,7-11H2,1-3H3/t16-,17+/m0/s1. The lowest BCUT2D eigenvalue weighted by Crippen LogP contribution is -2.33. The Labute approximate surface area is 165 Å². The van der Waals surface area contributed by atoms with Gasteiger partial charge in [0.2, 0.25) is 10.0 Å². The Balaban J connectivity index is 1.68. The maximum Gasteiger partial charge on any atom is 0.214 e. The van der Waals surface area contributed by atoms with E-state index in [0.717, 1.165) is 16.9 Å². The van der Waals surface area contributed by atoms with Crippen molar-refractivity contribution in [3.05, 3.63) is 42.0 Å². The molecule has 1 saturated heterocycles. The maximum atomic E-state index is 12.1. The van der Waals surface area contributed by atoms with Crippen molar-refractivity contribution in [1.29, 1.82) is 0 Å². The van der Waals surface area contributed by atoms with E-state index < -0.39 is 16.1 Å². The number of benzene rings is 1. The minimum absolute atomic E-state index is 0.0438. The first-order valence-corrected chi connectivity index (χ1v) is 10.7. The van der Waals surface area contributed by atoms with Crippen molar-refractivity contribution >= 4 is 10.0 Å². The summed E-state index contributed by atoms with van der Waals surface area (Å²) < 4.78 is 32.6. The smallest absolute Gasteiger partial charge is 0.214 e. The number of methoxy groups -OCH3 is 1. The zero-order valence-electron chi connectivity index (χ0n) is 16.4. The number of aliphatic hydroxyl groups excluding tert-OH is 1. The summed E-state index contributed by atoms with van der Waals surface area (Å²) in [5, 5.41) is 14.5. The van der Waals surface area contributed by atoms with Crippen LogP contribution in [0.3, 0.4) is 0 Å². The van der Waals surface area contributed by atoms with E-state index in [-0.39, 0.29) is 11.7 Å². The molecule has 154 valence electrons. The van der Waals surface area contributed by atoms with Crippen LogP contribution in [0.1, 0.15) is 11.1 Å². The van der Waals surface area contributed by atoms with Crippen molar-refractivity contribution in [1.82, 2.24) is 24.0 Å². The number of β-amino-alcohol motifs (C(OH)–C–C–N with tert-alkyl or cyclic N) is 1. The monoisotopic (exact) mass is 409 g/mol. The third kappa shape index (κ3) is 4.88. The molecule has 1 aliphatic heterocycles. The lowest BCUT2D eigenvalue weighted by atomic mass is 10.1. The van der Waals surface area contributed by atoms with Gasteiger partial charge in [0.05, 0.1) is 25.5 Å². The van der Waals surface area contributed by atoms with E-state index in [1.807, 2.05) is 12.1 Å². The van der Waals surface area contributed by atoms with Gasteiger partial charge < -0.3 is 9.84 Å². The summed E-state index contributed by atoms with van der Waals surface area (Å²) in [4.78, 5) is 6.04. The van der Waals surface area contributed by atoms with Crippen LogP contribution in [0.15, 0.2) is 30.9 Å². The van der Waals surface area contributed by atoms with Crippen LogP contribution in [0.5, 0.6) is 5.75 Å². The van der Waals surface area contributed by atoms with E-state index in [1.54, 1.807) is 18.1 Å². The Morgan fingerprint density at radius 1 is 1.29 bits per heavy atom. The zero-order valence-corrected chi connectivity index (χ0v) is 17.2. The number of aliphatic hydroxyl groups is 1. The summed E-state index contributed by atoms with van der Waals surface area (Å²) in [6, 6.07) is 5.96. The lowest BCUT2D eigenvalue weighted by Gasteiger charge is -2.18. The highest BCUT2D eigenvalue weighted by Gasteiger charge is 2.35. The molecule has 1 N–H and O–H groups in total. The number of nitrogens with zero attached hydrogens (tertiary/aromatic N) is 5. The number of hydrogen-bond acceptors (Lipinski definition) is 7. The van der Waals surface area contributed by atoms with Gasteiger partial charge in [-0.25, -0.2) is 22.4 Å². The summed E-state index contributed by atoms with van der Waals surface area (Å²) in [5.41, 5.74) is 2.05. The van der Waals surface area contributed by atoms with Gasteiger partial charge >= 0.3 is 0 Å². The molecule has 1 aliphatic rings. The number of hydrogen-bond donors (Lipinski definition) is 1. The van der Waals surface area contributed by atoms with E-state index in [0.29, 0.717) is 26.2 Å². The number of ether oxygens (including phenoxy) is 1. The molecule has 1 fully saturated rings. The summed E-state index contributed by atoms with van der Waals surface area (Å²) in [5.74, 6) is 0.439. The largest absolute Gasteiger partial charge is 0.496 e. The van der Waals surface area contributed by atoms with E-state index in [9.17, 15) is 13.5 Å². The Bertz CT molecular complexity index is 885. The number of likely N-dealkylation sites (tertiary alicyclic amines) is 1. The Morgan fingerprint density at radius 2 is 2.07 bits per heavy atom. The topological polar surface area (TPSA) is 101 Å². The minimum atomic E-state index is -3.34. The van der Waals surface area contributed by atoms with Crippen molar-refractivity contribution in [2.24, 2.45) is 5.92 Å². The molecule has 28 heavy (non-hydrogen) atoms. The Kier molecular flexibility index (Phi) is 6.33. The van der Waals surface area contributed by atoms with Crippen LogP contribution in [0.2, 0.25) is 0 Å². The number of sulfonamides is 1. The third-order valence-corrected chi connectivity index (χ3v) is 6.98. The fraction of sp³-hybridized carbons (Fsp3) is 0.556. The molecule has 0 unspecified atom stereocenters. The first kappa shape index (κ1) is 20.7. The van der Waals surface area contributed by atoms with E-state index in [4.69, 9.17) is 4.74 Å². The van der Waals surface area contributed by atoms with E-state index >= 15 is 0 Å². The first-order chi connectivity index (χ1) is 13.3. The van der Waals surface area contributed by atoms with Crippen LogP contribution in [0.25, 0.3) is 0 Å². The van der Waals surface area contributed by atoms with Crippen LogP contribution in [-0.4, -0.2) is 83.6 Å². The third-order valence-electron chi connectivity index (χ3n) is 5.01. The maximum absolute atomic E-state index is 12.1. The molecule has 2 atom stereocenters. The van der Waals surface area contributed by atoms with Crippen LogP contribution >= 0.6 is 0 Å². The van der Waals surface area contributed by atoms with Crippen molar-refractivity contribution in [3.8, 4) is 5.75 Å². The molecule has 3 rings (SSSR count). The van der Waals surface area contributed by atoms with Crippen LogP contribution < -0.4 is 4.74 Å². The van der Waals surface area contributed by atoms with Gasteiger partial charge in [-0.15, -0.1) is 0 Å². The molecule has 9 nitrogen and oxygen atoms in total. The van der Waals surface area contributed by atoms with Gasteiger partial charge in [0, 0.05) is 45.2 Å². The second-order valence-corrected chi connectivity index (χ2v) is 9.55. The number of rotatable bonds is 8. The van der Waals surface area contributed by atoms with E-state index in [2.05, 4.69) is 21.0 Å². The average molecular weight is 410 g/mol. The molecule has 10 heteroatoms. The van der Waals surface area contributed by atoms with Gasteiger partial charge in [0.15, 0.2) is 0 Å². The quantitative estimate of drug-likeness (QED) is 0.656. The zero-order chi connectivity index (χ0) is 20.3. The van der Waals surface area contributed by atoms with Crippen LogP contribution in [-0.2, 0) is 23.1 Å². The molecule has 0 radical (unpaired) electrons. The van der Waals surface area contributed by atoms with Gasteiger partial charge in [-0.2, -0.15) is 5.10 Å². The summed E-state index contributed by atoms with van der Waals surface area (Å²) in [6.07, 6.45) is 2.49. The molecule has 1 aromatic heterocycles. The van der Waals surface area contributed by atoms with Gasteiger partial charge in [-0.1, -0.05) is 6.07 Å². The lowest BCUT2D eigenvalue weighted by molar-refractivity contribution is 0.148. The van der Waals surface area contributed by atoms with Gasteiger partial charge in [0.25, 0.3) is 0 Å². The normalized spacial score (nSPS) is 20.8. The van der Waals surface area contributed by atoms with Gasteiger partial charge in [-0.3, -0.25) is 4.90 Å². The van der Waals surface area contributed by atoms with Crippen molar-refractivity contribution in [3.63, 3.8) is 0 Å². The molecular weight excluding hydrogens is 382 g/mol. The van der Waals surface area contributed by atoms with Crippen LogP contribution in [0.4, 0.5) is 0 Å². The predicted molar refractivity (Wildman–Crippen MR) is 104 cm³/mol. The Hall–Kier alpha value is -2.01. The second kappa shape index (κ2) is 8.56. The predicted octanol–water partition coefficient (Wildman–Crippen LogP) is 0.0191. The average Bonchev–Trinajstić information content (AvgIpc) is 3.25. The molecule has 0 spiro atoms. The minimum Gasteiger partial charge on any atom is -0.496 e. The van der Waals surface area contributed by atoms with Crippen molar-refractivity contribution in [2.45, 2.75) is 19.2 Å². The summed E-state index contributed by atoms with van der Waals surface area (Å²) in [7, 11) is 1.32. The molecule has 0 bridgehead atoms. The molecule has 0 amide bonds. The highest BCUT2D eigenvalue weighted by Crippen LogP contribution is 2.25. The molecule has 0 aliphatic carbocycles. The van der Waals surface area contributed by atoms with Gasteiger partial charge in [-0.05, 0) is 17.7 Å². The Morgan fingerprint density at radius 3 is 2.71 bits per heavy atom. The van der Waals surface area contributed by atoms with Crippen molar-refractivity contribution < 1.29 is 18.3 Å². The molecule has 0 saturated carbocycles. The first-order valence-electron chi connectivity index (χ1n) is 9.07. The molecule has 1 aromatic carbocycles. The fourth-order valence-electron chi connectivity index (χ4n) is 3.45. The van der Waals surface area contributed by atoms with Gasteiger partial charge in [0.1, 0.15) is 18.4 Å². The highest BCUT2D eigenvalue weighted by atomic mass is 32.2. The second-order valence-electron chi connectivity index (χ2n) is 7.32. The molecule has 2 aromatic rings. The number of aromatic nitrogens is 3. The molecular formula is C18H27N5O4S. The fourth-order valence-corrected chi connectivity index (χ4v) is 4.62. The van der Waals surface area contributed by atoms with Crippen molar-refractivity contribution in [2.75, 3.05) is 40.0 Å². The SMILES string of the molecule is COc1ccc(CN2C[C@@H](CS(=O)(=O)N(C)C)[C@H](O)C2)cc1Cn1cncn1. The molecule has 2 heterocycles. The van der Waals surface area contributed by atoms with Crippen LogP contribution in [0, 0.1) is 5.92 Å². The highest BCUT2D eigenvalue weighted by molar-refractivity contribution is 7.89. The summed E-state index contributed by atoms with van der Waals surface area (Å²) >= 11 is 0. The van der Waals surface area contributed by atoms with E-state index in [1.165, 1.54) is 24.7 Å². The summed E-state index contributed by atoms with van der Waals surface area (Å²) in [6.45, 7) is 2.17.